The molecule has 1 aliphatic carbocycles. The van der Waals surface area contributed by atoms with Crippen molar-refractivity contribution in [2.24, 2.45) is 0 Å². The Hall–Kier alpha value is -1.35. The monoisotopic (exact) mass is 325 g/mol. The highest BCUT2D eigenvalue weighted by atomic mass is 32.2. The minimum absolute atomic E-state index is 0.177. The molecule has 0 radical (unpaired) electrons. The predicted octanol–water partition coefficient (Wildman–Crippen LogP) is 2.25. The van der Waals surface area contributed by atoms with E-state index < -0.39 is 50.2 Å². The van der Waals surface area contributed by atoms with E-state index in [2.05, 4.69) is 0 Å². The van der Waals surface area contributed by atoms with Crippen molar-refractivity contribution < 1.29 is 26.7 Å². The Bertz CT molecular complexity index is 574. The molecule has 1 N–H and O–H groups in total. The van der Waals surface area contributed by atoms with Crippen molar-refractivity contribution in [1.29, 1.82) is 0 Å². The second-order valence-electron chi connectivity index (χ2n) is 4.78. The van der Waals surface area contributed by atoms with Crippen LogP contribution in [0.3, 0.4) is 0 Å². The smallest absolute Gasteiger partial charge is 0.285 e. The van der Waals surface area contributed by atoms with Gasteiger partial charge in [0.1, 0.15) is 6.17 Å². The van der Waals surface area contributed by atoms with Crippen molar-refractivity contribution in [3.63, 3.8) is 0 Å². The topological polar surface area (TPSA) is 97.5 Å². The van der Waals surface area contributed by atoms with Gasteiger partial charge < -0.3 is 0 Å². The predicted molar refractivity (Wildman–Crippen MR) is 72.7 cm³/mol. The van der Waals surface area contributed by atoms with E-state index in [1.165, 1.54) is 13.8 Å². The molecule has 0 saturated carbocycles. The number of halogens is 2. The van der Waals surface area contributed by atoms with Crippen LogP contribution in [0, 0.1) is 10.1 Å². The molecule has 0 spiro atoms. The van der Waals surface area contributed by atoms with Crippen LogP contribution in [-0.4, -0.2) is 41.0 Å². The lowest BCUT2D eigenvalue weighted by Gasteiger charge is -2.36. The van der Waals surface area contributed by atoms with E-state index in [9.17, 15) is 31.9 Å². The van der Waals surface area contributed by atoms with E-state index in [0.29, 0.717) is 0 Å². The molecule has 0 aromatic heterocycles. The minimum atomic E-state index is -4.98. The summed E-state index contributed by atoms with van der Waals surface area (Å²) in [5.41, 5.74) is -3.43. The third-order valence-electron chi connectivity index (χ3n) is 3.61. The lowest BCUT2D eigenvalue weighted by atomic mass is 9.75. The molecule has 1 aliphatic rings. The van der Waals surface area contributed by atoms with Crippen LogP contribution in [0.25, 0.3) is 0 Å². The maximum Gasteiger partial charge on any atom is 0.299 e. The molecular formula is C12H17F2NO5S. The Balaban J connectivity index is 3.68. The second kappa shape index (κ2) is 6.18. The van der Waals surface area contributed by atoms with Crippen LogP contribution < -0.4 is 0 Å². The number of hydrogen-bond acceptors (Lipinski definition) is 4. The molecular weight excluding hydrogens is 308 g/mol. The number of hydrogen-bond donors (Lipinski definition) is 1. The van der Waals surface area contributed by atoms with Gasteiger partial charge in [0, 0.05) is 10.5 Å². The summed E-state index contributed by atoms with van der Waals surface area (Å²) >= 11 is 0. The van der Waals surface area contributed by atoms with Crippen LogP contribution in [0.4, 0.5) is 8.78 Å². The Morgan fingerprint density at radius 3 is 2.38 bits per heavy atom. The van der Waals surface area contributed by atoms with Gasteiger partial charge in [-0.1, -0.05) is 32.1 Å². The number of rotatable bonds is 6. The normalized spacial score (nSPS) is 28.8. The highest BCUT2D eigenvalue weighted by molar-refractivity contribution is 7.86. The maximum atomic E-state index is 14.4. The number of alkyl halides is 2. The largest absolute Gasteiger partial charge is 0.299 e. The van der Waals surface area contributed by atoms with Crippen LogP contribution in [0.1, 0.15) is 26.7 Å². The van der Waals surface area contributed by atoms with Gasteiger partial charge in [0.25, 0.3) is 15.7 Å². The van der Waals surface area contributed by atoms with E-state index in [1.54, 1.807) is 0 Å². The summed E-state index contributed by atoms with van der Waals surface area (Å²) in [6.07, 6.45) is -1.80. The van der Waals surface area contributed by atoms with Crippen molar-refractivity contribution in [2.75, 3.05) is 0 Å². The quantitative estimate of drug-likeness (QED) is 0.459. The van der Waals surface area contributed by atoms with E-state index in [1.807, 2.05) is 0 Å². The average Bonchev–Trinajstić information content (AvgIpc) is 2.43. The maximum absolute atomic E-state index is 14.4. The van der Waals surface area contributed by atoms with Gasteiger partial charge in [-0.05, 0) is 12.8 Å². The summed E-state index contributed by atoms with van der Waals surface area (Å²) < 4.78 is 60.7. The van der Waals surface area contributed by atoms with E-state index in [-0.39, 0.29) is 6.42 Å². The molecule has 1 rings (SSSR count). The van der Waals surface area contributed by atoms with Gasteiger partial charge in [-0.15, -0.1) is 0 Å². The van der Waals surface area contributed by atoms with E-state index >= 15 is 0 Å². The molecule has 0 fully saturated rings. The van der Waals surface area contributed by atoms with Crippen molar-refractivity contribution >= 4 is 10.1 Å². The molecule has 9 heteroatoms. The summed E-state index contributed by atoms with van der Waals surface area (Å²) in [5.74, 6) is 0. The third kappa shape index (κ3) is 2.84. The van der Waals surface area contributed by atoms with E-state index in [4.69, 9.17) is 0 Å². The Morgan fingerprint density at radius 2 is 2.00 bits per heavy atom. The lowest BCUT2D eigenvalue weighted by Crippen LogP contribution is -2.61. The standard InChI is InChI=1S/C12H17F2NO5S/c1-3-9(13)8-6-5-7-11(21(18,19)20)12(8,15(16)17)10(14)4-2/h5-7,9-11H,3-4H2,1-2H3,(H,18,19,20). The van der Waals surface area contributed by atoms with Gasteiger partial charge in [0.15, 0.2) is 11.4 Å². The molecule has 4 unspecified atom stereocenters. The lowest BCUT2D eigenvalue weighted by molar-refractivity contribution is -0.567. The molecule has 21 heavy (non-hydrogen) atoms. The Morgan fingerprint density at radius 1 is 1.43 bits per heavy atom. The number of allylic oxidation sites excluding steroid dienone is 2. The molecule has 0 heterocycles. The van der Waals surface area contributed by atoms with Crippen molar-refractivity contribution in [3.05, 3.63) is 33.9 Å². The van der Waals surface area contributed by atoms with Crippen LogP contribution >= 0.6 is 0 Å². The molecule has 0 bridgehead atoms. The molecule has 0 saturated heterocycles. The van der Waals surface area contributed by atoms with Crippen molar-refractivity contribution in [1.82, 2.24) is 0 Å². The number of nitro groups is 1. The zero-order valence-corrected chi connectivity index (χ0v) is 12.4. The number of nitrogens with zero attached hydrogens (tertiary/aromatic N) is 1. The highest BCUT2D eigenvalue weighted by Gasteiger charge is 2.65. The molecule has 4 atom stereocenters. The van der Waals surface area contributed by atoms with Gasteiger partial charge in [-0.3, -0.25) is 14.7 Å². The molecule has 120 valence electrons. The van der Waals surface area contributed by atoms with Crippen LogP contribution in [0.5, 0.6) is 0 Å². The average molecular weight is 325 g/mol. The van der Waals surface area contributed by atoms with Crippen molar-refractivity contribution in [3.8, 4) is 0 Å². The first-order valence-corrected chi connectivity index (χ1v) is 7.92. The fraction of sp³-hybridized carbons (Fsp3) is 0.667. The first-order chi connectivity index (χ1) is 9.63. The van der Waals surface area contributed by atoms with E-state index in [0.717, 1.165) is 18.2 Å². The zero-order chi connectivity index (χ0) is 16.4. The van der Waals surface area contributed by atoms with Gasteiger partial charge in [0.2, 0.25) is 0 Å². The first kappa shape index (κ1) is 17.7. The van der Waals surface area contributed by atoms with Crippen LogP contribution in [-0.2, 0) is 10.1 Å². The van der Waals surface area contributed by atoms with Gasteiger partial charge in [0.05, 0.1) is 0 Å². The third-order valence-corrected chi connectivity index (χ3v) is 4.77. The second-order valence-corrected chi connectivity index (χ2v) is 6.31. The molecule has 0 aromatic rings. The highest BCUT2D eigenvalue weighted by Crippen LogP contribution is 2.41. The van der Waals surface area contributed by atoms with Crippen LogP contribution in [0.15, 0.2) is 23.8 Å². The van der Waals surface area contributed by atoms with Gasteiger partial charge >= 0.3 is 0 Å². The summed E-state index contributed by atoms with van der Waals surface area (Å²) in [5, 5.41) is 9.35. The van der Waals surface area contributed by atoms with Crippen molar-refractivity contribution in [2.45, 2.75) is 49.8 Å². The molecule has 0 aromatic carbocycles. The van der Waals surface area contributed by atoms with Gasteiger partial charge in [-0.2, -0.15) is 8.42 Å². The Labute approximate surface area is 121 Å². The Kier molecular flexibility index (Phi) is 5.21. The van der Waals surface area contributed by atoms with Crippen LogP contribution in [0.2, 0.25) is 0 Å². The zero-order valence-electron chi connectivity index (χ0n) is 11.6. The summed E-state index contributed by atoms with van der Waals surface area (Å²) in [7, 11) is -4.98. The minimum Gasteiger partial charge on any atom is -0.285 e. The molecule has 0 amide bonds. The van der Waals surface area contributed by atoms with Gasteiger partial charge in [-0.25, -0.2) is 8.78 Å². The summed E-state index contributed by atoms with van der Waals surface area (Å²) in [6.45, 7) is 2.68. The summed E-state index contributed by atoms with van der Waals surface area (Å²) in [6, 6.07) is 0. The SMILES string of the molecule is CCC(F)C1=CC=CC(S(=O)(=O)O)C1(C(F)CC)[N+](=O)[O-]. The summed E-state index contributed by atoms with van der Waals surface area (Å²) in [4.78, 5) is 10.4. The fourth-order valence-corrected chi connectivity index (χ4v) is 3.71. The fourth-order valence-electron chi connectivity index (χ4n) is 2.60. The molecule has 6 nitrogen and oxygen atoms in total. The first-order valence-electron chi connectivity index (χ1n) is 6.41. The molecule has 0 aliphatic heterocycles.